The molecule has 0 spiro atoms. The average Bonchev–Trinajstić information content (AvgIpc) is 2.51. The van der Waals surface area contributed by atoms with Crippen LogP contribution in [0.3, 0.4) is 0 Å². The Hall–Kier alpha value is -1.15. The van der Waals surface area contributed by atoms with Gasteiger partial charge in [0.1, 0.15) is 0 Å². The molecule has 0 aliphatic rings. The third-order valence-corrected chi connectivity index (χ3v) is 4.84. The Kier molecular flexibility index (Phi) is 10.1. The van der Waals surface area contributed by atoms with Crippen molar-refractivity contribution < 1.29 is 13.2 Å². The lowest BCUT2D eigenvalue weighted by molar-refractivity contribution is 0.0954. The molecule has 6 nitrogen and oxygen atoms in total. The summed E-state index contributed by atoms with van der Waals surface area (Å²) in [5.41, 5.74) is 0.444. The van der Waals surface area contributed by atoms with E-state index in [9.17, 15) is 13.2 Å². The average molecular weight is 364 g/mol. The highest BCUT2D eigenvalue weighted by Gasteiger charge is 2.16. The Balaban J connectivity index is 0.00000484. The fourth-order valence-corrected chi connectivity index (χ4v) is 3.07. The molecule has 0 heterocycles. The number of benzene rings is 1. The van der Waals surface area contributed by atoms with Crippen molar-refractivity contribution in [2.45, 2.75) is 38.1 Å². The van der Waals surface area contributed by atoms with E-state index in [1.165, 1.54) is 24.3 Å². The maximum atomic E-state index is 12.1. The maximum absolute atomic E-state index is 12.1. The van der Waals surface area contributed by atoms with Gasteiger partial charge in [0.25, 0.3) is 5.91 Å². The van der Waals surface area contributed by atoms with Crippen molar-refractivity contribution in [3.63, 3.8) is 0 Å². The standard InChI is InChI=1S/C15H25N3O3S.ClH/c1-4-12(3)18-22(20,21)14-8-6-13(7-9-14)15(19)17-11-10-16-5-2;/h6-9,12,16,18H,4-5,10-11H2,1-3H3,(H,17,19);1H. The second-order valence-corrected chi connectivity index (χ2v) is 6.78. The fourth-order valence-electron chi connectivity index (χ4n) is 1.74. The highest BCUT2D eigenvalue weighted by Crippen LogP contribution is 2.11. The Morgan fingerprint density at radius 3 is 2.26 bits per heavy atom. The normalized spacial score (nSPS) is 12.3. The zero-order valence-electron chi connectivity index (χ0n) is 13.8. The molecule has 1 amide bonds. The van der Waals surface area contributed by atoms with Gasteiger partial charge in [-0.25, -0.2) is 13.1 Å². The molecule has 1 unspecified atom stereocenters. The number of likely N-dealkylation sites (N-methyl/N-ethyl adjacent to an activating group) is 1. The van der Waals surface area contributed by atoms with Crippen molar-refractivity contribution in [3.8, 4) is 0 Å². The summed E-state index contributed by atoms with van der Waals surface area (Å²) in [6.45, 7) is 7.80. The molecule has 0 aliphatic carbocycles. The molecular weight excluding hydrogens is 338 g/mol. The summed E-state index contributed by atoms with van der Waals surface area (Å²) in [5.74, 6) is -0.211. The Morgan fingerprint density at radius 1 is 1.13 bits per heavy atom. The fraction of sp³-hybridized carbons (Fsp3) is 0.533. The van der Waals surface area contributed by atoms with Crippen molar-refractivity contribution in [2.24, 2.45) is 0 Å². The third-order valence-electron chi connectivity index (χ3n) is 3.23. The van der Waals surface area contributed by atoms with Crippen LogP contribution in [-0.4, -0.2) is 40.0 Å². The van der Waals surface area contributed by atoms with Crippen molar-refractivity contribution in [1.82, 2.24) is 15.4 Å². The lowest BCUT2D eigenvalue weighted by Crippen LogP contribution is -2.32. The van der Waals surface area contributed by atoms with Crippen LogP contribution in [0.15, 0.2) is 29.2 Å². The first-order valence-corrected chi connectivity index (χ1v) is 9.00. The molecular formula is C15H26ClN3O3S. The second kappa shape index (κ2) is 10.6. The zero-order chi connectivity index (χ0) is 16.6. The van der Waals surface area contributed by atoms with Crippen molar-refractivity contribution in [1.29, 1.82) is 0 Å². The van der Waals surface area contributed by atoms with Crippen LogP contribution in [0.2, 0.25) is 0 Å². The first-order chi connectivity index (χ1) is 10.4. The lowest BCUT2D eigenvalue weighted by atomic mass is 10.2. The molecule has 0 saturated heterocycles. The number of nitrogens with one attached hydrogen (secondary N) is 3. The minimum absolute atomic E-state index is 0. The molecule has 8 heteroatoms. The minimum Gasteiger partial charge on any atom is -0.351 e. The van der Waals surface area contributed by atoms with Crippen LogP contribution in [0, 0.1) is 0 Å². The molecule has 3 N–H and O–H groups in total. The summed E-state index contributed by atoms with van der Waals surface area (Å²) in [5, 5.41) is 5.87. The molecule has 0 aliphatic heterocycles. The summed E-state index contributed by atoms with van der Waals surface area (Å²) >= 11 is 0. The van der Waals surface area contributed by atoms with E-state index in [1.54, 1.807) is 0 Å². The SMILES string of the molecule is CCNCCNC(=O)c1ccc(S(=O)(=O)NC(C)CC)cc1.Cl. The van der Waals surface area contributed by atoms with E-state index >= 15 is 0 Å². The molecule has 0 aromatic heterocycles. The highest BCUT2D eigenvalue weighted by atomic mass is 35.5. The van der Waals surface area contributed by atoms with Gasteiger partial charge in [-0.15, -0.1) is 12.4 Å². The molecule has 1 rings (SSSR count). The molecule has 0 saturated carbocycles. The number of halogens is 1. The van der Waals surface area contributed by atoms with Crippen molar-refractivity contribution in [3.05, 3.63) is 29.8 Å². The monoisotopic (exact) mass is 363 g/mol. The van der Waals surface area contributed by atoms with Crippen molar-refractivity contribution >= 4 is 28.3 Å². The van der Waals surface area contributed by atoms with E-state index in [0.29, 0.717) is 25.1 Å². The van der Waals surface area contributed by atoms with E-state index in [2.05, 4.69) is 15.4 Å². The van der Waals surface area contributed by atoms with Crippen LogP contribution in [0.4, 0.5) is 0 Å². The second-order valence-electron chi connectivity index (χ2n) is 5.06. The van der Waals surface area contributed by atoms with E-state index in [0.717, 1.165) is 6.54 Å². The molecule has 132 valence electrons. The minimum atomic E-state index is -3.53. The number of hydrogen-bond acceptors (Lipinski definition) is 4. The molecule has 0 fully saturated rings. The Morgan fingerprint density at radius 2 is 1.74 bits per heavy atom. The molecule has 23 heavy (non-hydrogen) atoms. The van der Waals surface area contributed by atoms with Crippen LogP contribution < -0.4 is 15.4 Å². The van der Waals surface area contributed by atoms with Crippen LogP contribution in [-0.2, 0) is 10.0 Å². The smallest absolute Gasteiger partial charge is 0.251 e. The van der Waals surface area contributed by atoms with Gasteiger partial charge in [0, 0.05) is 24.7 Å². The third kappa shape index (κ3) is 7.30. The van der Waals surface area contributed by atoms with Gasteiger partial charge in [-0.1, -0.05) is 13.8 Å². The molecule has 0 bridgehead atoms. The number of rotatable bonds is 9. The van der Waals surface area contributed by atoms with Gasteiger partial charge in [0.15, 0.2) is 0 Å². The van der Waals surface area contributed by atoms with Gasteiger partial charge in [-0.2, -0.15) is 0 Å². The number of carbonyl (C=O) groups is 1. The predicted octanol–water partition coefficient (Wildman–Crippen LogP) is 1.52. The zero-order valence-corrected chi connectivity index (χ0v) is 15.4. The van der Waals surface area contributed by atoms with E-state index in [1.807, 2.05) is 20.8 Å². The first kappa shape index (κ1) is 21.9. The molecule has 1 aromatic rings. The van der Waals surface area contributed by atoms with Crippen molar-refractivity contribution in [2.75, 3.05) is 19.6 Å². The summed E-state index contributed by atoms with van der Waals surface area (Å²) in [6, 6.07) is 5.81. The van der Waals surface area contributed by atoms with Gasteiger partial charge in [-0.05, 0) is 44.2 Å². The summed E-state index contributed by atoms with van der Waals surface area (Å²) in [6.07, 6.45) is 0.714. The quantitative estimate of drug-likeness (QED) is 0.580. The van der Waals surface area contributed by atoms with E-state index < -0.39 is 10.0 Å². The first-order valence-electron chi connectivity index (χ1n) is 7.52. The Labute approximate surface area is 144 Å². The largest absolute Gasteiger partial charge is 0.351 e. The topological polar surface area (TPSA) is 87.3 Å². The summed E-state index contributed by atoms with van der Waals surface area (Å²) < 4.78 is 26.8. The van der Waals surface area contributed by atoms with Gasteiger partial charge in [0.2, 0.25) is 10.0 Å². The van der Waals surface area contributed by atoms with Gasteiger partial charge in [0.05, 0.1) is 4.90 Å². The summed E-state index contributed by atoms with van der Waals surface area (Å²) in [7, 11) is -3.53. The van der Waals surface area contributed by atoms with Gasteiger partial charge in [-0.3, -0.25) is 4.79 Å². The number of hydrogen-bond donors (Lipinski definition) is 3. The predicted molar refractivity (Wildman–Crippen MR) is 94.6 cm³/mol. The van der Waals surface area contributed by atoms with Crippen LogP contribution in [0.5, 0.6) is 0 Å². The number of amides is 1. The molecule has 1 atom stereocenters. The van der Waals surface area contributed by atoms with Crippen LogP contribution >= 0.6 is 12.4 Å². The van der Waals surface area contributed by atoms with Crippen LogP contribution in [0.1, 0.15) is 37.6 Å². The number of sulfonamides is 1. The molecule has 0 radical (unpaired) electrons. The van der Waals surface area contributed by atoms with Crippen LogP contribution in [0.25, 0.3) is 0 Å². The van der Waals surface area contributed by atoms with E-state index in [-0.39, 0.29) is 29.3 Å². The number of carbonyl (C=O) groups excluding carboxylic acids is 1. The maximum Gasteiger partial charge on any atom is 0.251 e. The lowest BCUT2D eigenvalue weighted by Gasteiger charge is -2.12. The highest BCUT2D eigenvalue weighted by molar-refractivity contribution is 7.89. The van der Waals surface area contributed by atoms with Gasteiger partial charge >= 0.3 is 0 Å². The van der Waals surface area contributed by atoms with E-state index in [4.69, 9.17) is 0 Å². The summed E-state index contributed by atoms with van der Waals surface area (Å²) in [4.78, 5) is 12.1. The molecule has 1 aromatic carbocycles. The Bertz CT molecular complexity index is 576. The van der Waals surface area contributed by atoms with Gasteiger partial charge < -0.3 is 10.6 Å².